The molecule has 0 radical (unpaired) electrons. The van der Waals surface area contributed by atoms with Crippen molar-refractivity contribution in [1.29, 1.82) is 0 Å². The monoisotopic (exact) mass is 393 g/mol. The third kappa shape index (κ3) is 4.34. The average Bonchev–Trinajstić information content (AvgIpc) is 2.98. The molecule has 10 heteroatoms. The van der Waals surface area contributed by atoms with Crippen molar-refractivity contribution in [3.63, 3.8) is 0 Å². The molecule has 2 rings (SSSR count). The molecule has 23 heavy (non-hydrogen) atoms. The molecule has 1 amide bonds. The zero-order valence-electron chi connectivity index (χ0n) is 12.5. The Bertz CT molecular complexity index is 688. The number of aryl methyl sites for hydroxylation is 3. The highest BCUT2D eigenvalue weighted by Crippen LogP contribution is 2.28. The summed E-state index contributed by atoms with van der Waals surface area (Å²) in [4.78, 5) is 11.8. The largest absolute Gasteiger partial charge is 0.435 e. The summed E-state index contributed by atoms with van der Waals surface area (Å²) in [6.07, 6.45) is -2.83. The van der Waals surface area contributed by atoms with E-state index in [0.717, 1.165) is 16.2 Å². The third-order valence-corrected chi connectivity index (χ3v) is 3.95. The van der Waals surface area contributed by atoms with Crippen molar-refractivity contribution in [1.82, 2.24) is 24.9 Å². The maximum Gasteiger partial charge on any atom is 0.435 e. The Hall–Kier alpha value is -1.84. The van der Waals surface area contributed by atoms with Crippen molar-refractivity contribution >= 4 is 21.8 Å². The summed E-state index contributed by atoms with van der Waals surface area (Å²) in [5, 5.41) is 10.2. The predicted molar refractivity (Wildman–Crippen MR) is 79.3 cm³/mol. The van der Waals surface area contributed by atoms with Gasteiger partial charge in [0.15, 0.2) is 5.69 Å². The number of carbonyl (C=O) groups is 1. The van der Waals surface area contributed by atoms with E-state index in [2.05, 4.69) is 31.4 Å². The van der Waals surface area contributed by atoms with E-state index in [4.69, 9.17) is 0 Å². The van der Waals surface area contributed by atoms with Crippen molar-refractivity contribution in [2.45, 2.75) is 32.6 Å². The lowest BCUT2D eigenvalue weighted by atomic mass is 10.3. The van der Waals surface area contributed by atoms with Crippen LogP contribution in [0, 0.1) is 6.92 Å². The standard InChI is InChI=1S/C13H15BrF3N5O/c1-8-5-11(13(15,16)17)20-22(8)4-3-12(23)18-7-10-9(14)6-19-21(10)2/h5-6H,3-4,7H2,1-2H3,(H,18,23). The van der Waals surface area contributed by atoms with Crippen molar-refractivity contribution < 1.29 is 18.0 Å². The number of nitrogens with one attached hydrogen (secondary N) is 1. The number of aromatic nitrogens is 4. The van der Waals surface area contributed by atoms with Gasteiger partial charge in [-0.2, -0.15) is 23.4 Å². The van der Waals surface area contributed by atoms with Gasteiger partial charge in [0.25, 0.3) is 0 Å². The zero-order valence-corrected chi connectivity index (χ0v) is 14.1. The van der Waals surface area contributed by atoms with Gasteiger partial charge in [-0.05, 0) is 28.9 Å². The minimum Gasteiger partial charge on any atom is -0.350 e. The molecule has 1 N–H and O–H groups in total. The van der Waals surface area contributed by atoms with E-state index in [1.807, 2.05) is 0 Å². The summed E-state index contributed by atoms with van der Waals surface area (Å²) in [6.45, 7) is 1.88. The Morgan fingerprint density at radius 3 is 2.65 bits per heavy atom. The zero-order chi connectivity index (χ0) is 17.2. The molecule has 0 unspecified atom stereocenters. The molecule has 0 fully saturated rings. The fourth-order valence-electron chi connectivity index (χ4n) is 1.99. The van der Waals surface area contributed by atoms with Crippen LogP contribution in [0.15, 0.2) is 16.7 Å². The predicted octanol–water partition coefficient (Wildman–Crippen LogP) is 2.41. The highest BCUT2D eigenvalue weighted by atomic mass is 79.9. The van der Waals surface area contributed by atoms with E-state index in [1.54, 1.807) is 17.9 Å². The Labute approximate surface area is 138 Å². The number of hydrogen-bond acceptors (Lipinski definition) is 3. The molecule has 0 aliphatic rings. The van der Waals surface area contributed by atoms with Crippen molar-refractivity contribution in [3.8, 4) is 0 Å². The highest BCUT2D eigenvalue weighted by molar-refractivity contribution is 9.10. The number of halogens is 4. The van der Waals surface area contributed by atoms with Crippen LogP contribution in [0.2, 0.25) is 0 Å². The normalized spacial score (nSPS) is 11.7. The Morgan fingerprint density at radius 1 is 1.43 bits per heavy atom. The first kappa shape index (κ1) is 17.5. The van der Waals surface area contributed by atoms with Crippen LogP contribution >= 0.6 is 15.9 Å². The SMILES string of the molecule is Cc1cc(C(F)(F)F)nn1CCC(=O)NCc1c(Br)cnn1C. The molecule has 0 saturated heterocycles. The molecule has 2 aromatic heterocycles. The number of alkyl halides is 3. The van der Waals surface area contributed by atoms with Crippen molar-refractivity contribution in [3.05, 3.63) is 33.8 Å². The number of hydrogen-bond donors (Lipinski definition) is 1. The molecule has 0 aromatic carbocycles. The molecule has 0 bridgehead atoms. The maximum absolute atomic E-state index is 12.6. The van der Waals surface area contributed by atoms with Gasteiger partial charge in [0.2, 0.25) is 5.91 Å². The molecule has 0 atom stereocenters. The van der Waals surface area contributed by atoms with Crippen LogP contribution in [0.3, 0.4) is 0 Å². The van der Waals surface area contributed by atoms with Gasteiger partial charge in [0, 0.05) is 25.7 Å². The van der Waals surface area contributed by atoms with Crippen LogP contribution in [-0.2, 0) is 31.1 Å². The molecule has 0 aliphatic carbocycles. The number of nitrogens with zero attached hydrogens (tertiary/aromatic N) is 4. The highest BCUT2D eigenvalue weighted by Gasteiger charge is 2.34. The van der Waals surface area contributed by atoms with E-state index in [0.29, 0.717) is 5.69 Å². The van der Waals surface area contributed by atoms with Gasteiger partial charge in [-0.25, -0.2) is 0 Å². The quantitative estimate of drug-likeness (QED) is 0.848. The lowest BCUT2D eigenvalue weighted by Crippen LogP contribution is -2.25. The van der Waals surface area contributed by atoms with Crippen LogP contribution in [0.25, 0.3) is 0 Å². The molecule has 6 nitrogen and oxygen atoms in total. The fraction of sp³-hybridized carbons (Fsp3) is 0.462. The number of carbonyl (C=O) groups excluding carboxylic acids is 1. The number of rotatable bonds is 5. The molecule has 2 heterocycles. The van der Waals surface area contributed by atoms with E-state index in [9.17, 15) is 18.0 Å². The van der Waals surface area contributed by atoms with Crippen LogP contribution < -0.4 is 5.32 Å². The summed E-state index contributed by atoms with van der Waals surface area (Å²) in [6, 6.07) is 0.963. The minimum atomic E-state index is -4.48. The van der Waals surface area contributed by atoms with E-state index in [1.165, 1.54) is 11.6 Å². The van der Waals surface area contributed by atoms with Gasteiger partial charge < -0.3 is 5.32 Å². The third-order valence-electron chi connectivity index (χ3n) is 3.29. The van der Waals surface area contributed by atoms with Crippen LogP contribution in [0.5, 0.6) is 0 Å². The van der Waals surface area contributed by atoms with Gasteiger partial charge in [-0.1, -0.05) is 0 Å². The lowest BCUT2D eigenvalue weighted by Gasteiger charge is -2.07. The Kier molecular flexibility index (Phi) is 5.12. The van der Waals surface area contributed by atoms with Crippen molar-refractivity contribution in [2.75, 3.05) is 0 Å². The molecule has 126 valence electrons. The fourth-order valence-corrected chi connectivity index (χ4v) is 2.48. The minimum absolute atomic E-state index is 0.0370. The second-order valence-electron chi connectivity index (χ2n) is 4.98. The van der Waals surface area contributed by atoms with Gasteiger partial charge in [0.05, 0.1) is 22.9 Å². The first-order valence-electron chi connectivity index (χ1n) is 6.73. The number of amides is 1. The molecular weight excluding hydrogens is 379 g/mol. The second kappa shape index (κ2) is 6.73. The molecule has 0 saturated carbocycles. The van der Waals surface area contributed by atoms with Crippen LogP contribution in [0.1, 0.15) is 23.5 Å². The summed E-state index contributed by atoms with van der Waals surface area (Å²) in [5.41, 5.74) is 0.210. The maximum atomic E-state index is 12.6. The summed E-state index contributed by atoms with van der Waals surface area (Å²) >= 11 is 3.32. The van der Waals surface area contributed by atoms with Gasteiger partial charge in [-0.15, -0.1) is 0 Å². The summed E-state index contributed by atoms with van der Waals surface area (Å²) in [7, 11) is 1.75. The smallest absolute Gasteiger partial charge is 0.350 e. The van der Waals surface area contributed by atoms with Gasteiger partial charge >= 0.3 is 6.18 Å². The van der Waals surface area contributed by atoms with Gasteiger partial charge in [-0.3, -0.25) is 14.2 Å². The average molecular weight is 394 g/mol. The first-order chi connectivity index (χ1) is 10.7. The van der Waals surface area contributed by atoms with E-state index in [-0.39, 0.29) is 25.4 Å². The van der Waals surface area contributed by atoms with Crippen molar-refractivity contribution in [2.24, 2.45) is 7.05 Å². The molecular formula is C13H15BrF3N5O. The second-order valence-corrected chi connectivity index (χ2v) is 5.84. The Morgan fingerprint density at radius 2 is 2.13 bits per heavy atom. The molecule has 2 aromatic rings. The topological polar surface area (TPSA) is 64.7 Å². The van der Waals surface area contributed by atoms with Gasteiger partial charge in [0.1, 0.15) is 0 Å². The van der Waals surface area contributed by atoms with Crippen LogP contribution in [0.4, 0.5) is 13.2 Å². The molecule has 0 aliphatic heterocycles. The van der Waals surface area contributed by atoms with E-state index < -0.39 is 11.9 Å². The summed E-state index contributed by atoms with van der Waals surface area (Å²) in [5.74, 6) is -0.276. The Balaban J connectivity index is 1.89. The van der Waals surface area contributed by atoms with E-state index >= 15 is 0 Å². The lowest BCUT2D eigenvalue weighted by molar-refractivity contribution is -0.141. The van der Waals surface area contributed by atoms with Crippen LogP contribution in [-0.4, -0.2) is 25.5 Å². The summed E-state index contributed by atoms with van der Waals surface area (Å²) < 4.78 is 41.3. The molecule has 0 spiro atoms. The first-order valence-corrected chi connectivity index (χ1v) is 7.52.